The fraction of sp³-hybridized carbons (Fsp3) is 0.194. The Morgan fingerprint density at radius 2 is 1.85 bits per heavy atom. The van der Waals surface area contributed by atoms with E-state index in [4.69, 9.17) is 18.9 Å². The highest BCUT2D eigenvalue weighted by Crippen LogP contribution is 2.38. The third kappa shape index (κ3) is 4.80. The lowest BCUT2D eigenvalue weighted by Gasteiger charge is -2.24. The van der Waals surface area contributed by atoms with Crippen LogP contribution in [0.4, 0.5) is 0 Å². The molecule has 9 heteroatoms. The number of nitrogens with zero attached hydrogens (tertiary/aromatic N) is 2. The lowest BCUT2D eigenvalue weighted by Crippen LogP contribution is -2.39. The van der Waals surface area contributed by atoms with Crippen LogP contribution in [0.3, 0.4) is 0 Å². The van der Waals surface area contributed by atoms with Crippen molar-refractivity contribution in [3.63, 3.8) is 0 Å². The fourth-order valence-corrected chi connectivity index (χ4v) is 5.84. The Hall–Kier alpha value is -4.63. The number of benzene rings is 3. The Morgan fingerprint density at radius 1 is 1.07 bits per heavy atom. The van der Waals surface area contributed by atoms with Crippen LogP contribution in [0.1, 0.15) is 36.6 Å². The van der Waals surface area contributed by atoms with Crippen molar-refractivity contribution in [2.45, 2.75) is 26.5 Å². The number of hydrogen-bond acceptors (Lipinski definition) is 8. The maximum atomic E-state index is 14.0. The molecule has 0 saturated carbocycles. The van der Waals surface area contributed by atoms with E-state index in [-0.39, 0.29) is 19.0 Å². The molecule has 0 N–H and O–H groups in total. The summed E-state index contributed by atoms with van der Waals surface area (Å²) < 4.78 is 24.6. The van der Waals surface area contributed by atoms with Gasteiger partial charge in [-0.3, -0.25) is 9.36 Å². The van der Waals surface area contributed by atoms with E-state index in [0.717, 1.165) is 11.1 Å². The number of para-hydroxylation sites is 1. The first kappa shape index (κ1) is 25.6. The van der Waals surface area contributed by atoms with E-state index in [0.29, 0.717) is 50.0 Å². The predicted octanol–water partition coefficient (Wildman–Crippen LogP) is 4.11. The van der Waals surface area contributed by atoms with Crippen molar-refractivity contribution in [2.24, 2.45) is 4.99 Å². The normalized spacial score (nSPS) is 15.9. The van der Waals surface area contributed by atoms with Crippen molar-refractivity contribution in [3.8, 4) is 17.2 Å². The number of carbonyl (C=O) groups is 1. The Bertz CT molecular complexity index is 1810. The van der Waals surface area contributed by atoms with E-state index in [1.165, 1.54) is 11.3 Å². The number of rotatable bonds is 7. The van der Waals surface area contributed by atoms with Crippen LogP contribution in [0.2, 0.25) is 0 Å². The summed E-state index contributed by atoms with van der Waals surface area (Å²) in [6, 6.07) is 22.2. The molecule has 2 aliphatic heterocycles. The molecule has 0 bridgehead atoms. The van der Waals surface area contributed by atoms with Gasteiger partial charge in [0.2, 0.25) is 6.79 Å². The smallest absolute Gasteiger partial charge is 0.338 e. The summed E-state index contributed by atoms with van der Waals surface area (Å²) in [6.07, 6.45) is 1.81. The second kappa shape index (κ2) is 10.9. The SMILES string of the molecule is CCOC(=O)C1=C(C)N=c2sc(=Cc3ccccc3OCc3ccccc3)c(=O)n2C1c1ccc2c(c1)OCO2. The maximum Gasteiger partial charge on any atom is 0.338 e. The number of hydrogen-bond donors (Lipinski definition) is 0. The first-order chi connectivity index (χ1) is 19.5. The number of esters is 1. The van der Waals surface area contributed by atoms with Crippen molar-refractivity contribution in [2.75, 3.05) is 13.4 Å². The second-order valence-electron chi connectivity index (χ2n) is 9.23. The number of allylic oxidation sites excluding steroid dienone is 1. The number of carbonyl (C=O) groups excluding carboxylic acids is 1. The Kier molecular flexibility index (Phi) is 6.96. The molecule has 1 atom stereocenters. The minimum Gasteiger partial charge on any atom is -0.488 e. The maximum absolute atomic E-state index is 14.0. The first-order valence-electron chi connectivity index (χ1n) is 12.9. The fourth-order valence-electron chi connectivity index (χ4n) is 4.80. The quantitative estimate of drug-likeness (QED) is 0.320. The minimum absolute atomic E-state index is 0.118. The van der Waals surface area contributed by atoms with Crippen LogP contribution >= 0.6 is 11.3 Å². The molecule has 3 heterocycles. The van der Waals surface area contributed by atoms with Crippen molar-refractivity contribution in [1.82, 2.24) is 4.57 Å². The molecule has 202 valence electrons. The summed E-state index contributed by atoms with van der Waals surface area (Å²) in [5.41, 5.74) is 3.05. The van der Waals surface area contributed by atoms with Gasteiger partial charge in [-0.15, -0.1) is 0 Å². The first-order valence-corrected chi connectivity index (χ1v) is 13.7. The van der Waals surface area contributed by atoms with Crippen molar-refractivity contribution in [1.29, 1.82) is 0 Å². The second-order valence-corrected chi connectivity index (χ2v) is 10.2. The minimum atomic E-state index is -0.739. The third-order valence-corrected chi connectivity index (χ3v) is 7.66. The lowest BCUT2D eigenvalue weighted by atomic mass is 9.95. The highest BCUT2D eigenvalue weighted by molar-refractivity contribution is 7.07. The van der Waals surface area contributed by atoms with Gasteiger partial charge in [0.25, 0.3) is 5.56 Å². The molecule has 0 aliphatic carbocycles. The molecule has 1 aromatic heterocycles. The molecule has 1 unspecified atom stereocenters. The van der Waals surface area contributed by atoms with E-state index >= 15 is 0 Å². The average molecular weight is 555 g/mol. The van der Waals surface area contributed by atoms with E-state index in [1.54, 1.807) is 30.5 Å². The van der Waals surface area contributed by atoms with Crippen LogP contribution < -0.4 is 29.1 Å². The van der Waals surface area contributed by atoms with Crippen LogP contribution in [0.5, 0.6) is 17.2 Å². The summed E-state index contributed by atoms with van der Waals surface area (Å²) >= 11 is 1.27. The van der Waals surface area contributed by atoms with Gasteiger partial charge in [-0.25, -0.2) is 9.79 Å². The van der Waals surface area contributed by atoms with E-state index in [2.05, 4.69) is 4.99 Å². The highest BCUT2D eigenvalue weighted by Gasteiger charge is 2.34. The van der Waals surface area contributed by atoms with Gasteiger partial charge in [0.15, 0.2) is 16.3 Å². The standard InChI is InChI=1S/C31H26N2O6S/c1-3-36-30(35)27-19(2)32-31-33(28(27)22-13-14-24-25(15-22)39-18-38-24)29(34)26(40-31)16-21-11-7-8-12-23(21)37-17-20-9-5-4-6-10-20/h4-16,28H,3,17-18H2,1-2H3. The molecule has 0 amide bonds. The molecule has 8 nitrogen and oxygen atoms in total. The van der Waals surface area contributed by atoms with Gasteiger partial charge < -0.3 is 18.9 Å². The van der Waals surface area contributed by atoms with Crippen LogP contribution in [-0.4, -0.2) is 23.9 Å². The number of aromatic nitrogens is 1. The van der Waals surface area contributed by atoms with Crippen molar-refractivity contribution >= 4 is 23.4 Å². The van der Waals surface area contributed by atoms with Gasteiger partial charge >= 0.3 is 5.97 Å². The van der Waals surface area contributed by atoms with Gasteiger partial charge in [-0.2, -0.15) is 0 Å². The molecule has 2 aliphatic rings. The van der Waals surface area contributed by atoms with Crippen molar-refractivity contribution in [3.05, 3.63) is 120 Å². The highest BCUT2D eigenvalue weighted by atomic mass is 32.1. The monoisotopic (exact) mass is 554 g/mol. The summed E-state index contributed by atoms with van der Waals surface area (Å²) in [5, 5.41) is 0. The molecular weight excluding hydrogens is 528 g/mol. The summed E-state index contributed by atoms with van der Waals surface area (Å²) in [4.78, 5) is 32.3. The third-order valence-electron chi connectivity index (χ3n) is 6.67. The lowest BCUT2D eigenvalue weighted by molar-refractivity contribution is -0.139. The van der Waals surface area contributed by atoms with Crippen LogP contribution in [0, 0.1) is 0 Å². The van der Waals surface area contributed by atoms with Gasteiger partial charge in [-0.1, -0.05) is 65.9 Å². The predicted molar refractivity (Wildman–Crippen MR) is 150 cm³/mol. The molecular formula is C31H26N2O6S. The summed E-state index contributed by atoms with van der Waals surface area (Å²) in [5.74, 6) is 1.32. The molecule has 4 aromatic rings. The van der Waals surface area contributed by atoms with Gasteiger partial charge in [-0.05, 0) is 49.2 Å². The Labute approximate surface area is 234 Å². The zero-order valence-corrected chi connectivity index (χ0v) is 22.8. The molecule has 40 heavy (non-hydrogen) atoms. The molecule has 0 radical (unpaired) electrons. The van der Waals surface area contributed by atoms with Crippen LogP contribution in [-0.2, 0) is 16.1 Å². The zero-order valence-electron chi connectivity index (χ0n) is 22.0. The van der Waals surface area contributed by atoms with Gasteiger partial charge in [0.1, 0.15) is 12.4 Å². The average Bonchev–Trinajstić information content (AvgIpc) is 3.56. The molecule has 6 rings (SSSR count). The topological polar surface area (TPSA) is 88.4 Å². The molecule has 0 fully saturated rings. The summed E-state index contributed by atoms with van der Waals surface area (Å²) in [6.45, 7) is 4.23. The largest absolute Gasteiger partial charge is 0.488 e. The number of ether oxygens (including phenoxy) is 4. The molecule has 0 spiro atoms. The molecule has 3 aromatic carbocycles. The summed E-state index contributed by atoms with van der Waals surface area (Å²) in [7, 11) is 0. The molecule has 0 saturated heterocycles. The van der Waals surface area contributed by atoms with E-state index in [9.17, 15) is 9.59 Å². The van der Waals surface area contributed by atoms with Crippen LogP contribution in [0.25, 0.3) is 6.08 Å². The van der Waals surface area contributed by atoms with Crippen LogP contribution in [0.15, 0.2) is 93.9 Å². The van der Waals surface area contributed by atoms with E-state index < -0.39 is 12.0 Å². The van der Waals surface area contributed by atoms with E-state index in [1.807, 2.05) is 66.7 Å². The number of fused-ring (bicyclic) bond motifs is 2. The number of thiazole rings is 1. The zero-order chi connectivity index (χ0) is 27.6. The Morgan fingerprint density at radius 3 is 2.67 bits per heavy atom. The van der Waals surface area contributed by atoms with Gasteiger partial charge in [0.05, 0.1) is 28.5 Å². The van der Waals surface area contributed by atoms with Gasteiger partial charge in [0, 0.05) is 5.56 Å². The van der Waals surface area contributed by atoms with Crippen molar-refractivity contribution < 1.29 is 23.7 Å². The Balaban J connectivity index is 1.45.